The van der Waals surface area contributed by atoms with Gasteiger partial charge in [0.05, 0.1) is 6.04 Å². The van der Waals surface area contributed by atoms with E-state index in [4.69, 9.17) is 0 Å². The zero-order valence-corrected chi connectivity index (χ0v) is 11.2. The van der Waals surface area contributed by atoms with Gasteiger partial charge in [-0.05, 0) is 32.5 Å². The highest BCUT2D eigenvalue weighted by molar-refractivity contribution is 5.31. The van der Waals surface area contributed by atoms with Crippen LogP contribution in [0, 0.1) is 18.6 Å². The number of nitrogens with one attached hydrogen (secondary N) is 1. The molecule has 0 aliphatic heterocycles. The van der Waals surface area contributed by atoms with Gasteiger partial charge in [-0.25, -0.2) is 13.8 Å². The van der Waals surface area contributed by atoms with E-state index in [9.17, 15) is 8.78 Å². The highest BCUT2D eigenvalue weighted by atomic mass is 19.1. The van der Waals surface area contributed by atoms with Crippen LogP contribution in [0.25, 0.3) is 0 Å². The zero-order chi connectivity index (χ0) is 14.0. The molecule has 0 saturated carbocycles. The SMILES string of the molecule is CCn1ccnc1C(NC)c1cc(C)c(F)cc1F. The monoisotopic (exact) mass is 265 g/mol. The van der Waals surface area contributed by atoms with Gasteiger partial charge in [0, 0.05) is 30.6 Å². The maximum absolute atomic E-state index is 14.0. The van der Waals surface area contributed by atoms with Gasteiger partial charge in [-0.15, -0.1) is 0 Å². The van der Waals surface area contributed by atoms with E-state index in [2.05, 4.69) is 10.3 Å². The normalized spacial score (nSPS) is 12.7. The summed E-state index contributed by atoms with van der Waals surface area (Å²) < 4.78 is 29.2. The summed E-state index contributed by atoms with van der Waals surface area (Å²) in [5, 5.41) is 3.04. The smallest absolute Gasteiger partial charge is 0.131 e. The van der Waals surface area contributed by atoms with E-state index < -0.39 is 17.7 Å². The first-order chi connectivity index (χ1) is 9.08. The van der Waals surface area contributed by atoms with Crippen LogP contribution in [-0.4, -0.2) is 16.6 Å². The van der Waals surface area contributed by atoms with Gasteiger partial charge in [-0.3, -0.25) is 0 Å². The Bertz CT molecular complexity index is 578. The quantitative estimate of drug-likeness (QED) is 0.921. The molecule has 1 aromatic carbocycles. The van der Waals surface area contributed by atoms with Gasteiger partial charge < -0.3 is 9.88 Å². The predicted molar refractivity (Wildman–Crippen MR) is 69.9 cm³/mol. The molecule has 0 radical (unpaired) electrons. The second kappa shape index (κ2) is 5.48. The molecule has 1 heterocycles. The van der Waals surface area contributed by atoms with E-state index >= 15 is 0 Å². The Hall–Kier alpha value is -1.75. The number of imidazole rings is 1. The fourth-order valence-electron chi connectivity index (χ4n) is 2.17. The average molecular weight is 265 g/mol. The number of aromatic nitrogens is 2. The van der Waals surface area contributed by atoms with E-state index in [1.165, 1.54) is 6.07 Å². The second-order valence-corrected chi connectivity index (χ2v) is 4.42. The molecule has 2 aromatic rings. The third-order valence-corrected chi connectivity index (χ3v) is 3.22. The van der Waals surface area contributed by atoms with Gasteiger partial charge >= 0.3 is 0 Å². The standard InChI is InChI=1S/C14H17F2N3/c1-4-19-6-5-18-14(19)13(17-3)10-7-9(2)11(15)8-12(10)16/h5-8,13,17H,4H2,1-3H3. The van der Waals surface area contributed by atoms with E-state index in [1.807, 2.05) is 17.7 Å². The summed E-state index contributed by atoms with van der Waals surface area (Å²) in [4.78, 5) is 4.27. The molecule has 1 N–H and O–H groups in total. The molecule has 0 bridgehead atoms. The lowest BCUT2D eigenvalue weighted by Crippen LogP contribution is -2.23. The Balaban J connectivity index is 2.51. The molecule has 0 fully saturated rings. The van der Waals surface area contributed by atoms with Crippen molar-refractivity contribution in [3.05, 3.63) is 53.1 Å². The minimum atomic E-state index is -0.562. The molecule has 3 nitrogen and oxygen atoms in total. The molecule has 0 amide bonds. The van der Waals surface area contributed by atoms with Crippen molar-refractivity contribution in [1.29, 1.82) is 0 Å². The first-order valence-corrected chi connectivity index (χ1v) is 6.22. The Labute approximate surface area is 111 Å². The molecule has 102 valence electrons. The van der Waals surface area contributed by atoms with E-state index in [0.717, 1.165) is 18.4 Å². The summed E-state index contributed by atoms with van der Waals surface area (Å²) in [6.45, 7) is 4.36. The minimum absolute atomic E-state index is 0.394. The number of aryl methyl sites for hydroxylation is 2. The van der Waals surface area contributed by atoms with Crippen molar-refractivity contribution in [3.63, 3.8) is 0 Å². The summed E-state index contributed by atoms with van der Waals surface area (Å²) in [6, 6.07) is 2.06. The molecule has 0 spiro atoms. The average Bonchev–Trinajstić information content (AvgIpc) is 2.84. The van der Waals surface area contributed by atoms with Crippen molar-refractivity contribution in [2.75, 3.05) is 7.05 Å². The fourth-order valence-corrected chi connectivity index (χ4v) is 2.17. The van der Waals surface area contributed by atoms with Crippen LogP contribution < -0.4 is 5.32 Å². The van der Waals surface area contributed by atoms with Crippen molar-refractivity contribution >= 4 is 0 Å². The Morgan fingerprint density at radius 1 is 1.32 bits per heavy atom. The molecule has 1 unspecified atom stereocenters. The van der Waals surface area contributed by atoms with Gasteiger partial charge in [0.2, 0.25) is 0 Å². The van der Waals surface area contributed by atoms with Crippen LogP contribution in [0.15, 0.2) is 24.5 Å². The molecule has 1 aromatic heterocycles. The summed E-state index contributed by atoms with van der Waals surface area (Å²) in [6.07, 6.45) is 3.52. The molecule has 2 rings (SSSR count). The van der Waals surface area contributed by atoms with Crippen molar-refractivity contribution in [2.45, 2.75) is 26.4 Å². The highest BCUT2D eigenvalue weighted by Crippen LogP contribution is 2.25. The summed E-state index contributed by atoms with van der Waals surface area (Å²) in [5.74, 6) is -0.377. The first-order valence-electron chi connectivity index (χ1n) is 6.22. The van der Waals surface area contributed by atoms with Crippen molar-refractivity contribution < 1.29 is 8.78 Å². The second-order valence-electron chi connectivity index (χ2n) is 4.42. The molecular formula is C14H17F2N3. The number of hydrogen-bond donors (Lipinski definition) is 1. The Kier molecular flexibility index (Phi) is 3.95. The van der Waals surface area contributed by atoms with E-state index in [1.54, 1.807) is 20.2 Å². The molecular weight excluding hydrogens is 248 g/mol. The van der Waals surface area contributed by atoms with Gasteiger partial charge in [0.1, 0.15) is 17.5 Å². The Morgan fingerprint density at radius 3 is 2.68 bits per heavy atom. The van der Waals surface area contributed by atoms with E-state index in [-0.39, 0.29) is 0 Å². The lowest BCUT2D eigenvalue weighted by molar-refractivity contribution is 0.527. The molecule has 0 saturated heterocycles. The van der Waals surface area contributed by atoms with Crippen LogP contribution in [0.3, 0.4) is 0 Å². The summed E-state index contributed by atoms with van der Waals surface area (Å²) >= 11 is 0. The van der Waals surface area contributed by atoms with Gasteiger partial charge in [0.25, 0.3) is 0 Å². The van der Waals surface area contributed by atoms with Crippen LogP contribution in [0.2, 0.25) is 0 Å². The minimum Gasteiger partial charge on any atom is -0.334 e. The van der Waals surface area contributed by atoms with Crippen LogP contribution in [0.5, 0.6) is 0 Å². The topological polar surface area (TPSA) is 29.9 Å². The number of nitrogens with zero attached hydrogens (tertiary/aromatic N) is 2. The van der Waals surface area contributed by atoms with Crippen molar-refractivity contribution in [1.82, 2.24) is 14.9 Å². The van der Waals surface area contributed by atoms with Gasteiger partial charge in [-0.1, -0.05) is 0 Å². The predicted octanol–water partition coefficient (Wildman–Crippen LogP) is 2.80. The zero-order valence-electron chi connectivity index (χ0n) is 11.2. The lowest BCUT2D eigenvalue weighted by atomic mass is 10.0. The third kappa shape index (κ3) is 2.51. The van der Waals surface area contributed by atoms with Crippen LogP contribution in [0.4, 0.5) is 8.78 Å². The van der Waals surface area contributed by atoms with Crippen molar-refractivity contribution in [2.24, 2.45) is 0 Å². The maximum atomic E-state index is 14.0. The molecule has 0 aliphatic carbocycles. The van der Waals surface area contributed by atoms with E-state index in [0.29, 0.717) is 11.1 Å². The van der Waals surface area contributed by atoms with Crippen LogP contribution in [0.1, 0.15) is 29.9 Å². The van der Waals surface area contributed by atoms with Gasteiger partial charge in [0.15, 0.2) is 0 Å². The molecule has 0 aliphatic rings. The lowest BCUT2D eigenvalue weighted by Gasteiger charge is -2.19. The van der Waals surface area contributed by atoms with Crippen LogP contribution >= 0.6 is 0 Å². The first kappa shape index (κ1) is 13.7. The third-order valence-electron chi connectivity index (χ3n) is 3.22. The molecule has 1 atom stereocenters. The highest BCUT2D eigenvalue weighted by Gasteiger charge is 2.21. The van der Waals surface area contributed by atoms with Crippen molar-refractivity contribution in [3.8, 4) is 0 Å². The number of benzene rings is 1. The number of rotatable bonds is 4. The Morgan fingerprint density at radius 2 is 2.05 bits per heavy atom. The largest absolute Gasteiger partial charge is 0.334 e. The molecule has 19 heavy (non-hydrogen) atoms. The van der Waals surface area contributed by atoms with Crippen LogP contribution in [-0.2, 0) is 6.54 Å². The number of hydrogen-bond acceptors (Lipinski definition) is 2. The molecule has 5 heteroatoms. The fraction of sp³-hybridized carbons (Fsp3) is 0.357. The maximum Gasteiger partial charge on any atom is 0.131 e. The summed E-state index contributed by atoms with van der Waals surface area (Å²) in [5.41, 5.74) is 0.827. The summed E-state index contributed by atoms with van der Waals surface area (Å²) in [7, 11) is 1.73. The van der Waals surface area contributed by atoms with Gasteiger partial charge in [-0.2, -0.15) is 0 Å². The number of halogens is 2.